The molecule has 1 atom stereocenters. The predicted molar refractivity (Wildman–Crippen MR) is 157 cm³/mol. The highest BCUT2D eigenvalue weighted by atomic mass is 19.3. The van der Waals surface area contributed by atoms with Crippen LogP contribution in [0.3, 0.4) is 0 Å². The van der Waals surface area contributed by atoms with Crippen molar-refractivity contribution in [3.05, 3.63) is 137 Å². The molecule has 0 saturated carbocycles. The van der Waals surface area contributed by atoms with E-state index < -0.39 is 41.0 Å². The second-order valence-corrected chi connectivity index (χ2v) is 10.2. The first-order valence-corrected chi connectivity index (χ1v) is 13.9. The number of rotatable bonds is 11. The van der Waals surface area contributed by atoms with Crippen LogP contribution in [0.1, 0.15) is 40.4 Å². The van der Waals surface area contributed by atoms with Crippen LogP contribution in [0.15, 0.2) is 91.4 Å². The standard InChI is InChI=1S/C33H28F4N6O2/c1-2-38-18-24-5-7-26(8-6-24)20-45-28-13-9-23(10-14-28)3-4-25-11-16-31(39-19-25)33(36,37)32(44,21-43-22-40-41-42-43)29-15-12-27(34)17-30(29)35/h5-17,19,22,38,44H,2,18,20-21H2,1H3. The summed E-state index contributed by atoms with van der Waals surface area (Å²) < 4.78 is 66.7. The van der Waals surface area contributed by atoms with Crippen molar-refractivity contribution >= 4 is 0 Å². The van der Waals surface area contributed by atoms with Crippen LogP contribution < -0.4 is 10.1 Å². The molecule has 1 unspecified atom stereocenters. The van der Waals surface area contributed by atoms with Crippen LogP contribution in [0.25, 0.3) is 0 Å². The Hall–Kier alpha value is -5.12. The smallest absolute Gasteiger partial charge is 0.323 e. The van der Waals surface area contributed by atoms with Gasteiger partial charge in [-0.2, -0.15) is 8.78 Å². The maximum absolute atomic E-state index is 15.9. The number of halogens is 4. The van der Waals surface area contributed by atoms with Gasteiger partial charge in [-0.3, -0.25) is 4.98 Å². The highest BCUT2D eigenvalue weighted by Gasteiger charge is 2.58. The monoisotopic (exact) mass is 616 g/mol. The summed E-state index contributed by atoms with van der Waals surface area (Å²) in [6, 6.07) is 19.5. The molecule has 5 aromatic rings. The molecule has 0 bridgehead atoms. The molecule has 12 heteroatoms. The number of hydrogen-bond acceptors (Lipinski definition) is 7. The molecule has 2 aromatic heterocycles. The maximum atomic E-state index is 15.9. The molecule has 2 N–H and O–H groups in total. The summed E-state index contributed by atoms with van der Waals surface area (Å²) in [5, 5.41) is 24.8. The fourth-order valence-corrected chi connectivity index (χ4v) is 4.50. The third-order valence-corrected chi connectivity index (χ3v) is 6.98. The van der Waals surface area contributed by atoms with E-state index >= 15 is 8.78 Å². The molecule has 0 radical (unpaired) electrons. The van der Waals surface area contributed by atoms with E-state index in [-0.39, 0.29) is 0 Å². The predicted octanol–water partition coefficient (Wildman–Crippen LogP) is 5.11. The van der Waals surface area contributed by atoms with Crippen molar-refractivity contribution in [3.63, 3.8) is 0 Å². The Kier molecular flexibility index (Phi) is 9.51. The van der Waals surface area contributed by atoms with Gasteiger partial charge in [0.25, 0.3) is 0 Å². The summed E-state index contributed by atoms with van der Waals surface area (Å²) in [7, 11) is 0. The van der Waals surface area contributed by atoms with Crippen LogP contribution in [0, 0.1) is 23.5 Å². The summed E-state index contributed by atoms with van der Waals surface area (Å²) in [5.74, 6) is -0.0458. The van der Waals surface area contributed by atoms with Gasteiger partial charge in [-0.25, -0.2) is 13.5 Å². The SMILES string of the molecule is CCNCc1ccc(COc2ccc(C#Cc3ccc(C(F)(F)C(O)(Cn4cnnn4)c4ccc(F)cc4F)nc3)cc2)cc1. The van der Waals surface area contributed by atoms with E-state index in [0.29, 0.717) is 29.5 Å². The molecule has 3 aromatic carbocycles. The van der Waals surface area contributed by atoms with Crippen molar-refractivity contribution in [2.75, 3.05) is 6.54 Å². The fourth-order valence-electron chi connectivity index (χ4n) is 4.50. The zero-order chi connectivity index (χ0) is 31.9. The van der Waals surface area contributed by atoms with Gasteiger partial charge in [0.15, 0.2) is 5.60 Å². The van der Waals surface area contributed by atoms with Crippen LogP contribution in [0.2, 0.25) is 0 Å². The topological polar surface area (TPSA) is 98.0 Å². The van der Waals surface area contributed by atoms with E-state index in [4.69, 9.17) is 4.74 Å². The van der Waals surface area contributed by atoms with Gasteiger partial charge in [0.2, 0.25) is 0 Å². The number of tetrazole rings is 1. The van der Waals surface area contributed by atoms with E-state index in [1.807, 2.05) is 12.1 Å². The molecular formula is C33H28F4N6O2. The van der Waals surface area contributed by atoms with Crippen LogP contribution in [0.4, 0.5) is 17.6 Å². The molecule has 8 nitrogen and oxygen atoms in total. The first kappa shape index (κ1) is 31.3. The number of aliphatic hydroxyl groups is 1. The zero-order valence-corrected chi connectivity index (χ0v) is 24.1. The van der Waals surface area contributed by atoms with E-state index in [9.17, 15) is 13.9 Å². The van der Waals surface area contributed by atoms with Crippen molar-refractivity contribution < 1.29 is 27.4 Å². The average molecular weight is 617 g/mol. The van der Waals surface area contributed by atoms with Crippen molar-refractivity contribution in [1.29, 1.82) is 0 Å². The Balaban J connectivity index is 1.27. The highest BCUT2D eigenvalue weighted by Crippen LogP contribution is 2.46. The number of alkyl halides is 2. The number of nitrogens with one attached hydrogen (secondary N) is 1. The van der Waals surface area contributed by atoms with Crippen molar-refractivity contribution in [2.45, 2.75) is 38.1 Å². The van der Waals surface area contributed by atoms with Crippen LogP contribution in [-0.4, -0.2) is 36.8 Å². The minimum Gasteiger partial charge on any atom is -0.489 e. The van der Waals surface area contributed by atoms with Gasteiger partial charge < -0.3 is 15.2 Å². The third-order valence-electron chi connectivity index (χ3n) is 6.98. The number of benzene rings is 3. The van der Waals surface area contributed by atoms with Crippen LogP contribution in [-0.2, 0) is 31.2 Å². The van der Waals surface area contributed by atoms with Gasteiger partial charge in [-0.15, -0.1) is 5.10 Å². The minimum atomic E-state index is -4.16. The molecule has 230 valence electrons. The van der Waals surface area contributed by atoms with Crippen LogP contribution in [0.5, 0.6) is 5.75 Å². The second kappa shape index (κ2) is 13.7. The number of aromatic nitrogens is 5. The average Bonchev–Trinajstić information content (AvgIpc) is 3.55. The normalized spacial score (nSPS) is 12.7. The lowest BCUT2D eigenvalue weighted by molar-refractivity contribution is -0.207. The molecule has 2 heterocycles. The minimum absolute atomic E-state index is 0.324. The van der Waals surface area contributed by atoms with Crippen molar-refractivity contribution in [3.8, 4) is 17.6 Å². The van der Waals surface area contributed by atoms with Gasteiger partial charge in [-0.05, 0) is 76.6 Å². The van der Waals surface area contributed by atoms with Crippen molar-refractivity contribution in [1.82, 2.24) is 30.5 Å². The van der Waals surface area contributed by atoms with E-state index in [1.165, 1.54) is 11.6 Å². The molecule has 0 saturated heterocycles. The molecule has 0 fully saturated rings. The Bertz CT molecular complexity index is 1770. The Morgan fingerprint density at radius 1 is 0.911 bits per heavy atom. The molecule has 0 spiro atoms. The lowest BCUT2D eigenvalue weighted by Gasteiger charge is -2.35. The van der Waals surface area contributed by atoms with E-state index in [2.05, 4.69) is 56.7 Å². The lowest BCUT2D eigenvalue weighted by atomic mass is 9.84. The summed E-state index contributed by atoms with van der Waals surface area (Å²) in [6.07, 6.45) is 2.11. The zero-order valence-electron chi connectivity index (χ0n) is 24.1. The van der Waals surface area contributed by atoms with Gasteiger partial charge in [0.05, 0.1) is 6.54 Å². The van der Waals surface area contributed by atoms with Crippen molar-refractivity contribution in [2.24, 2.45) is 0 Å². The molecule has 0 amide bonds. The second-order valence-electron chi connectivity index (χ2n) is 10.2. The number of hydrogen-bond donors (Lipinski definition) is 2. The molecular weight excluding hydrogens is 588 g/mol. The Morgan fingerprint density at radius 2 is 1.62 bits per heavy atom. The molecule has 0 aliphatic heterocycles. The first-order chi connectivity index (χ1) is 21.7. The molecule has 0 aliphatic rings. The number of ether oxygens (including phenoxy) is 1. The first-order valence-electron chi connectivity index (χ1n) is 13.9. The molecule has 45 heavy (non-hydrogen) atoms. The number of pyridine rings is 1. The van der Waals surface area contributed by atoms with E-state index in [0.717, 1.165) is 54.1 Å². The largest absolute Gasteiger partial charge is 0.489 e. The van der Waals surface area contributed by atoms with Gasteiger partial charge in [-0.1, -0.05) is 43.0 Å². The highest BCUT2D eigenvalue weighted by molar-refractivity contribution is 5.44. The van der Waals surface area contributed by atoms with Crippen LogP contribution >= 0.6 is 0 Å². The quantitative estimate of drug-likeness (QED) is 0.157. The Morgan fingerprint density at radius 3 is 2.27 bits per heavy atom. The van der Waals surface area contributed by atoms with E-state index in [1.54, 1.807) is 24.3 Å². The Labute approximate surface area is 256 Å². The molecule has 0 aliphatic carbocycles. The third kappa shape index (κ3) is 7.34. The lowest BCUT2D eigenvalue weighted by Crippen LogP contribution is -2.48. The summed E-state index contributed by atoms with van der Waals surface area (Å²) in [6.45, 7) is 3.26. The maximum Gasteiger partial charge on any atom is 0.323 e. The summed E-state index contributed by atoms with van der Waals surface area (Å²) >= 11 is 0. The summed E-state index contributed by atoms with van der Waals surface area (Å²) in [4.78, 5) is 3.82. The van der Waals surface area contributed by atoms with Gasteiger partial charge >= 0.3 is 5.92 Å². The van der Waals surface area contributed by atoms with Gasteiger partial charge in [0, 0.05) is 35.5 Å². The molecule has 5 rings (SSSR count). The fraction of sp³-hybridized carbons (Fsp3) is 0.212. The van der Waals surface area contributed by atoms with Gasteiger partial charge in [0.1, 0.15) is 36.0 Å². The summed E-state index contributed by atoms with van der Waals surface area (Å²) in [5.41, 5.74) is -1.71. The number of nitrogens with zero attached hydrogens (tertiary/aromatic N) is 5.